The van der Waals surface area contributed by atoms with E-state index in [0.717, 1.165) is 17.1 Å². The normalized spacial score (nSPS) is 12.9. The van der Waals surface area contributed by atoms with Crippen LogP contribution < -0.4 is 52.4 Å². The lowest BCUT2D eigenvalue weighted by molar-refractivity contribution is 1.17. The van der Waals surface area contributed by atoms with E-state index in [0.29, 0.717) is 0 Å². The van der Waals surface area contributed by atoms with Gasteiger partial charge in [-0.15, -0.1) is 0 Å². The highest BCUT2D eigenvalue weighted by molar-refractivity contribution is 7.01. The summed E-state index contributed by atoms with van der Waals surface area (Å²) in [5, 5.41) is 2.48. The minimum Gasteiger partial charge on any atom is -0.311 e. The van der Waals surface area contributed by atoms with E-state index >= 15 is 0 Å². The highest BCUT2D eigenvalue weighted by atomic mass is 15.2. The molecule has 4 aliphatic heterocycles. The number of fused-ring (bicyclic) bond motifs is 11. The van der Waals surface area contributed by atoms with Gasteiger partial charge in [0.05, 0.1) is 11.0 Å². The van der Waals surface area contributed by atoms with Crippen molar-refractivity contribution in [3.05, 3.63) is 346 Å². The van der Waals surface area contributed by atoms with E-state index in [4.69, 9.17) is 0 Å². The monoisotopic (exact) mass is 1160 g/mol. The molecule has 424 valence electrons. The fraction of sp³-hybridized carbons (Fsp3) is 0. The molecule has 0 radical (unpaired) electrons. The summed E-state index contributed by atoms with van der Waals surface area (Å²) in [5.74, 6) is 0. The third-order valence-electron chi connectivity index (χ3n) is 19.0. The first kappa shape index (κ1) is 52.3. The molecule has 1 aromatic heterocycles. The summed E-state index contributed by atoms with van der Waals surface area (Å²) >= 11 is 0. The first-order chi connectivity index (χ1) is 45.2. The summed E-state index contributed by atoms with van der Waals surface area (Å²) < 4.78 is 2.47. The molecular weight excluding hydrogens is 1100 g/mol. The van der Waals surface area contributed by atoms with Crippen molar-refractivity contribution < 1.29 is 0 Å². The number of rotatable bonds is 7. The number of hydrogen-bond donors (Lipinski definition) is 0. The maximum absolute atomic E-state index is 2.49. The minimum atomic E-state index is 0.0615. The molecule has 91 heavy (non-hydrogen) atoms. The highest BCUT2D eigenvalue weighted by Gasteiger charge is 2.45. The average molecular weight is 1160 g/mol. The second-order valence-electron chi connectivity index (χ2n) is 23.9. The Morgan fingerprint density at radius 1 is 0.187 bits per heavy atom. The van der Waals surface area contributed by atoms with Crippen LogP contribution in [0, 0.1) is 0 Å². The molecule has 14 aromatic carbocycles. The molecule has 15 aromatic rings. The molecule has 19 rings (SSSR count). The molecule has 5 heterocycles. The number of anilines is 12. The van der Waals surface area contributed by atoms with E-state index in [1.807, 2.05) is 0 Å². The van der Waals surface area contributed by atoms with E-state index in [9.17, 15) is 0 Å². The molecule has 0 fully saturated rings. The van der Waals surface area contributed by atoms with Crippen molar-refractivity contribution in [3.8, 4) is 27.9 Å². The average Bonchev–Trinajstić information content (AvgIpc) is 1.14. The Bertz CT molecular complexity index is 5070. The molecule has 5 nitrogen and oxygen atoms in total. The van der Waals surface area contributed by atoms with Gasteiger partial charge in [-0.3, -0.25) is 0 Å². The van der Waals surface area contributed by atoms with Crippen LogP contribution in [0.15, 0.2) is 346 Å². The molecular formula is C84H57B2N5. The van der Waals surface area contributed by atoms with Crippen molar-refractivity contribution in [2.24, 2.45) is 0 Å². The van der Waals surface area contributed by atoms with Crippen molar-refractivity contribution in [2.45, 2.75) is 0 Å². The fourth-order valence-corrected chi connectivity index (χ4v) is 15.2. The van der Waals surface area contributed by atoms with Crippen molar-refractivity contribution in [3.63, 3.8) is 0 Å². The van der Waals surface area contributed by atoms with Crippen LogP contribution in [0.1, 0.15) is 0 Å². The maximum Gasteiger partial charge on any atom is 0.252 e. The van der Waals surface area contributed by atoms with Crippen molar-refractivity contribution >= 4 is 136 Å². The predicted molar refractivity (Wildman–Crippen MR) is 386 cm³/mol. The van der Waals surface area contributed by atoms with Crippen LogP contribution >= 0.6 is 0 Å². The van der Waals surface area contributed by atoms with Crippen LogP contribution in [0.5, 0.6) is 0 Å². The van der Waals surface area contributed by atoms with Gasteiger partial charge in [0, 0.05) is 84.7 Å². The Morgan fingerprint density at radius 2 is 0.484 bits per heavy atom. The predicted octanol–water partition coefficient (Wildman–Crippen LogP) is 18.0. The van der Waals surface area contributed by atoms with Gasteiger partial charge < -0.3 is 24.2 Å². The summed E-state index contributed by atoms with van der Waals surface area (Å²) in [5.41, 5.74) is 30.9. The van der Waals surface area contributed by atoms with Gasteiger partial charge in [0.25, 0.3) is 13.4 Å². The third-order valence-corrected chi connectivity index (χ3v) is 19.0. The zero-order valence-corrected chi connectivity index (χ0v) is 49.8. The van der Waals surface area contributed by atoms with Gasteiger partial charge in [-0.1, -0.05) is 218 Å². The zero-order chi connectivity index (χ0) is 59.9. The molecule has 4 aliphatic rings. The van der Waals surface area contributed by atoms with Crippen molar-refractivity contribution in [1.82, 2.24) is 4.57 Å². The lowest BCUT2D eigenvalue weighted by Gasteiger charge is -2.44. The number of aromatic nitrogens is 1. The topological polar surface area (TPSA) is 17.9 Å². The standard InChI is InChI=1S/C54H36BN3.C30H21BN2/c1-5-16-37(17-6-1)39-28-32-48-44(34-39)45-35-40(38-18-7-2-8-19-38)29-33-49(45)58(48)43-30-31-47-53(36-43)57(42-22-11-4-12-23-42)52-27-15-26-51-54(52)55(47)46-24-13-14-25-50(46)56(51)41-20-9-3-10-21-41;1-3-12-22(13-4-1)32-26-18-9-7-16-24(26)31-25-17-8-10-19-27(25)33(23-14-5-2-6-15-23)29-21-11-20-28(32)30(29)31/h1-36H;1-21H. The molecule has 0 amide bonds. The number of benzene rings is 14. The van der Waals surface area contributed by atoms with E-state index in [2.05, 4.69) is 370 Å². The quantitative estimate of drug-likeness (QED) is 0.148. The van der Waals surface area contributed by atoms with Gasteiger partial charge in [0.2, 0.25) is 0 Å². The Morgan fingerprint density at radius 3 is 0.846 bits per heavy atom. The SMILES string of the molecule is c1ccc(-c2ccc3c(c2)c2cc(-c4ccccc4)ccc2n3-c2ccc3c(c2)N(c2ccccc2)c2cccc4c2B3c2ccccc2N4c2ccccc2)cc1.c1ccc(N2c3ccccc3B3c4ccccc4N(c4ccccc4)c4cccc2c43)cc1. The number of nitrogens with zero attached hydrogens (tertiary/aromatic N) is 5. The second-order valence-corrected chi connectivity index (χ2v) is 23.9. The summed E-state index contributed by atoms with van der Waals surface area (Å²) in [6.45, 7) is 0.259. The fourth-order valence-electron chi connectivity index (χ4n) is 15.2. The van der Waals surface area contributed by atoms with Crippen LogP contribution in [0.25, 0.3) is 49.7 Å². The van der Waals surface area contributed by atoms with Gasteiger partial charge >= 0.3 is 0 Å². The van der Waals surface area contributed by atoms with Crippen LogP contribution in [-0.2, 0) is 0 Å². The third kappa shape index (κ3) is 8.42. The first-order valence-electron chi connectivity index (χ1n) is 31.5. The molecule has 7 heteroatoms. The van der Waals surface area contributed by atoms with E-state index in [1.54, 1.807) is 0 Å². The van der Waals surface area contributed by atoms with Gasteiger partial charge in [-0.05, 0) is 182 Å². The van der Waals surface area contributed by atoms with Crippen molar-refractivity contribution in [2.75, 3.05) is 19.6 Å². The molecule has 0 spiro atoms. The molecule has 0 bridgehead atoms. The Balaban J connectivity index is 0.000000157. The first-order valence-corrected chi connectivity index (χ1v) is 31.5. The maximum atomic E-state index is 2.49. The smallest absolute Gasteiger partial charge is 0.252 e. The Hall–Kier alpha value is -11.8. The van der Waals surface area contributed by atoms with E-state index < -0.39 is 0 Å². The minimum absolute atomic E-state index is 0.0615. The van der Waals surface area contributed by atoms with Gasteiger partial charge in [-0.2, -0.15) is 0 Å². The zero-order valence-electron chi connectivity index (χ0n) is 49.8. The van der Waals surface area contributed by atoms with E-state index in [1.165, 1.54) is 134 Å². The largest absolute Gasteiger partial charge is 0.311 e. The molecule has 0 saturated heterocycles. The summed E-state index contributed by atoms with van der Waals surface area (Å²) in [7, 11) is 0. The second kappa shape index (κ2) is 21.5. The molecule has 0 unspecified atom stereocenters. The van der Waals surface area contributed by atoms with Gasteiger partial charge in [0.15, 0.2) is 0 Å². The lowest BCUT2D eigenvalue weighted by atomic mass is 9.33. The van der Waals surface area contributed by atoms with Gasteiger partial charge in [-0.25, -0.2) is 0 Å². The highest BCUT2D eigenvalue weighted by Crippen LogP contribution is 2.47. The summed E-state index contributed by atoms with van der Waals surface area (Å²) in [4.78, 5) is 9.77. The van der Waals surface area contributed by atoms with Crippen LogP contribution in [-0.4, -0.2) is 18.0 Å². The molecule has 0 atom stereocenters. The van der Waals surface area contributed by atoms with Crippen molar-refractivity contribution in [1.29, 1.82) is 0 Å². The lowest BCUT2D eigenvalue weighted by Crippen LogP contribution is -2.61. The van der Waals surface area contributed by atoms with Crippen LogP contribution in [0.2, 0.25) is 0 Å². The van der Waals surface area contributed by atoms with Crippen LogP contribution in [0.4, 0.5) is 68.2 Å². The van der Waals surface area contributed by atoms with E-state index in [-0.39, 0.29) is 13.4 Å². The number of para-hydroxylation sites is 7. The van der Waals surface area contributed by atoms with Gasteiger partial charge in [0.1, 0.15) is 0 Å². The molecule has 0 N–H and O–H groups in total. The summed E-state index contributed by atoms with van der Waals surface area (Å²) in [6, 6.07) is 126. The number of hydrogen-bond acceptors (Lipinski definition) is 4. The molecule has 0 saturated carbocycles. The Kier molecular flexibility index (Phi) is 12.4. The summed E-state index contributed by atoms with van der Waals surface area (Å²) in [6.07, 6.45) is 0. The Labute approximate surface area is 531 Å². The van der Waals surface area contributed by atoms with Crippen LogP contribution in [0.3, 0.4) is 0 Å². The molecule has 0 aliphatic carbocycles.